The van der Waals surface area contributed by atoms with E-state index in [0.717, 1.165) is 0 Å². The monoisotopic (exact) mass is 261 g/mol. The first kappa shape index (κ1) is 11.2. The van der Waals surface area contributed by atoms with Crippen LogP contribution in [0, 0.1) is 0 Å². The highest BCUT2D eigenvalue weighted by Gasteiger charge is 2.16. The summed E-state index contributed by atoms with van der Waals surface area (Å²) in [5.41, 5.74) is 4.87. The molecule has 1 rings (SSSR count). The number of aromatic amines is 2. The molecule has 0 aromatic carbocycles. The van der Waals surface area contributed by atoms with Gasteiger partial charge in [0, 0.05) is 17.7 Å². The summed E-state index contributed by atoms with van der Waals surface area (Å²) in [6.07, 6.45) is 0.423. The van der Waals surface area contributed by atoms with Gasteiger partial charge in [-0.2, -0.15) is 0 Å². The molecule has 6 heteroatoms. The van der Waals surface area contributed by atoms with Crippen molar-refractivity contribution in [2.75, 3.05) is 0 Å². The Balaban J connectivity index is 3.22. The Morgan fingerprint density at radius 1 is 1.36 bits per heavy atom. The Morgan fingerprint density at radius 3 is 2.43 bits per heavy atom. The summed E-state index contributed by atoms with van der Waals surface area (Å²) in [6.45, 7) is 3.64. The van der Waals surface area contributed by atoms with Gasteiger partial charge in [0.1, 0.15) is 4.47 Å². The molecule has 78 valence electrons. The zero-order valence-corrected chi connectivity index (χ0v) is 9.56. The van der Waals surface area contributed by atoms with Gasteiger partial charge in [0.25, 0.3) is 5.56 Å². The van der Waals surface area contributed by atoms with Crippen molar-refractivity contribution < 1.29 is 0 Å². The van der Waals surface area contributed by atoms with Crippen molar-refractivity contribution in [2.45, 2.75) is 25.8 Å². The van der Waals surface area contributed by atoms with Crippen molar-refractivity contribution in [2.24, 2.45) is 5.73 Å². The summed E-state index contributed by atoms with van der Waals surface area (Å²) in [7, 11) is 0. The maximum atomic E-state index is 11.2. The van der Waals surface area contributed by atoms with Gasteiger partial charge in [0.05, 0.1) is 0 Å². The molecular formula is C8H12BrN3O2. The molecule has 0 saturated heterocycles. The second kappa shape index (κ2) is 3.70. The standard InChI is InChI=1S/C8H12BrN3O2/c1-8(2,10)3-4-5(9)6(13)12-7(14)11-4/h3,10H2,1-2H3,(H2,11,12,13,14). The van der Waals surface area contributed by atoms with Crippen LogP contribution in [0.3, 0.4) is 0 Å². The van der Waals surface area contributed by atoms with E-state index in [1.54, 1.807) is 0 Å². The minimum Gasteiger partial charge on any atom is -0.325 e. The Hall–Kier alpha value is -0.880. The highest BCUT2D eigenvalue weighted by atomic mass is 79.9. The zero-order chi connectivity index (χ0) is 10.9. The third-order valence-corrected chi connectivity index (χ3v) is 2.43. The number of halogens is 1. The van der Waals surface area contributed by atoms with Crippen LogP contribution < -0.4 is 17.0 Å². The topological polar surface area (TPSA) is 91.7 Å². The molecule has 0 saturated carbocycles. The Bertz CT molecular complexity index is 441. The average molecular weight is 262 g/mol. The molecule has 1 heterocycles. The summed E-state index contributed by atoms with van der Waals surface area (Å²) < 4.78 is 0.329. The van der Waals surface area contributed by atoms with Crippen LogP contribution in [0.4, 0.5) is 0 Å². The molecule has 0 aliphatic rings. The predicted molar refractivity (Wildman–Crippen MR) is 57.4 cm³/mol. The molecule has 0 spiro atoms. The number of hydrogen-bond donors (Lipinski definition) is 3. The van der Waals surface area contributed by atoms with Crippen molar-refractivity contribution in [1.29, 1.82) is 0 Å². The number of nitrogens with two attached hydrogens (primary N) is 1. The molecule has 1 aromatic rings. The predicted octanol–water partition coefficient (Wildman–Crippen LogP) is 0.105. The first-order chi connectivity index (χ1) is 6.29. The van der Waals surface area contributed by atoms with Crippen LogP contribution in [-0.2, 0) is 6.42 Å². The minimum absolute atomic E-state index is 0.329. The summed E-state index contributed by atoms with van der Waals surface area (Å²) >= 11 is 3.10. The van der Waals surface area contributed by atoms with Crippen LogP contribution in [0.1, 0.15) is 19.5 Å². The van der Waals surface area contributed by atoms with E-state index < -0.39 is 16.8 Å². The largest absolute Gasteiger partial charge is 0.325 e. The van der Waals surface area contributed by atoms with Gasteiger partial charge in [-0.1, -0.05) is 0 Å². The normalized spacial score (nSPS) is 11.7. The van der Waals surface area contributed by atoms with Gasteiger partial charge < -0.3 is 10.7 Å². The van der Waals surface area contributed by atoms with Crippen LogP contribution in [0.15, 0.2) is 14.1 Å². The molecule has 0 bridgehead atoms. The van der Waals surface area contributed by atoms with Crippen molar-refractivity contribution in [3.63, 3.8) is 0 Å². The lowest BCUT2D eigenvalue weighted by Crippen LogP contribution is -2.37. The maximum Gasteiger partial charge on any atom is 0.325 e. The molecule has 0 aliphatic heterocycles. The van der Waals surface area contributed by atoms with Gasteiger partial charge in [-0.15, -0.1) is 0 Å². The number of nitrogens with one attached hydrogen (secondary N) is 2. The van der Waals surface area contributed by atoms with E-state index in [9.17, 15) is 9.59 Å². The number of H-pyrrole nitrogens is 2. The number of hydrogen-bond acceptors (Lipinski definition) is 3. The molecule has 0 radical (unpaired) electrons. The number of aromatic nitrogens is 2. The van der Waals surface area contributed by atoms with E-state index in [0.29, 0.717) is 16.6 Å². The van der Waals surface area contributed by atoms with Crippen molar-refractivity contribution in [1.82, 2.24) is 9.97 Å². The van der Waals surface area contributed by atoms with E-state index >= 15 is 0 Å². The molecule has 0 amide bonds. The van der Waals surface area contributed by atoms with Gasteiger partial charge in [-0.25, -0.2) is 4.79 Å². The van der Waals surface area contributed by atoms with Gasteiger partial charge in [0.2, 0.25) is 0 Å². The van der Waals surface area contributed by atoms with E-state index in [1.165, 1.54) is 0 Å². The van der Waals surface area contributed by atoms with Gasteiger partial charge in [-0.3, -0.25) is 9.78 Å². The van der Waals surface area contributed by atoms with Gasteiger partial charge >= 0.3 is 5.69 Å². The van der Waals surface area contributed by atoms with Crippen LogP contribution >= 0.6 is 15.9 Å². The fourth-order valence-electron chi connectivity index (χ4n) is 1.10. The lowest BCUT2D eigenvalue weighted by molar-refractivity contribution is 0.507. The molecule has 1 aromatic heterocycles. The molecule has 4 N–H and O–H groups in total. The Kier molecular flexibility index (Phi) is 2.96. The molecule has 0 aliphatic carbocycles. The molecule has 0 unspecified atom stereocenters. The molecule has 0 fully saturated rings. The van der Waals surface area contributed by atoms with Crippen molar-refractivity contribution in [3.8, 4) is 0 Å². The summed E-state index contributed by atoms with van der Waals surface area (Å²) in [5, 5.41) is 0. The highest BCUT2D eigenvalue weighted by Crippen LogP contribution is 2.12. The smallest absolute Gasteiger partial charge is 0.325 e. The Morgan fingerprint density at radius 2 is 1.93 bits per heavy atom. The van der Waals surface area contributed by atoms with Gasteiger partial charge in [0.15, 0.2) is 0 Å². The van der Waals surface area contributed by atoms with Crippen molar-refractivity contribution >= 4 is 15.9 Å². The SMILES string of the molecule is CC(C)(N)Cc1[nH]c(=O)[nH]c(=O)c1Br. The first-order valence-corrected chi connectivity index (χ1v) is 4.89. The van der Waals surface area contributed by atoms with Crippen LogP contribution in [0.25, 0.3) is 0 Å². The van der Waals surface area contributed by atoms with E-state index in [4.69, 9.17) is 5.73 Å². The van der Waals surface area contributed by atoms with Crippen LogP contribution in [0.5, 0.6) is 0 Å². The quantitative estimate of drug-likeness (QED) is 0.706. The number of rotatable bonds is 2. The molecule has 0 atom stereocenters. The lowest BCUT2D eigenvalue weighted by Gasteiger charge is -2.18. The summed E-state index contributed by atoms with van der Waals surface area (Å²) in [4.78, 5) is 26.8. The second-order valence-corrected chi connectivity index (χ2v) is 4.66. The second-order valence-electron chi connectivity index (χ2n) is 3.87. The fourth-order valence-corrected chi connectivity index (χ4v) is 1.43. The van der Waals surface area contributed by atoms with Crippen LogP contribution in [0.2, 0.25) is 0 Å². The third-order valence-electron chi connectivity index (χ3n) is 1.59. The molecule has 5 nitrogen and oxygen atoms in total. The third kappa shape index (κ3) is 2.81. The lowest BCUT2D eigenvalue weighted by atomic mass is 10.0. The Labute approximate surface area is 88.9 Å². The molecular weight excluding hydrogens is 250 g/mol. The summed E-state index contributed by atoms with van der Waals surface area (Å²) in [6, 6.07) is 0. The van der Waals surface area contributed by atoms with E-state index in [1.807, 2.05) is 13.8 Å². The fraction of sp³-hybridized carbons (Fsp3) is 0.500. The zero-order valence-electron chi connectivity index (χ0n) is 7.98. The molecule has 14 heavy (non-hydrogen) atoms. The first-order valence-electron chi connectivity index (χ1n) is 4.09. The maximum absolute atomic E-state index is 11.2. The average Bonchev–Trinajstić information content (AvgIpc) is 1.96. The van der Waals surface area contributed by atoms with Crippen LogP contribution in [-0.4, -0.2) is 15.5 Å². The van der Waals surface area contributed by atoms with E-state index in [-0.39, 0.29) is 0 Å². The van der Waals surface area contributed by atoms with Crippen molar-refractivity contribution in [3.05, 3.63) is 31.0 Å². The summed E-state index contributed by atoms with van der Waals surface area (Å²) in [5.74, 6) is 0. The highest BCUT2D eigenvalue weighted by molar-refractivity contribution is 9.10. The van der Waals surface area contributed by atoms with E-state index in [2.05, 4.69) is 25.9 Å². The minimum atomic E-state index is -0.516. The van der Waals surface area contributed by atoms with Gasteiger partial charge in [-0.05, 0) is 29.8 Å².